The van der Waals surface area contributed by atoms with Crippen LogP contribution in [0.4, 0.5) is 0 Å². The Hall–Kier alpha value is -3.82. The lowest BCUT2D eigenvalue weighted by molar-refractivity contribution is -0.138. The van der Waals surface area contributed by atoms with E-state index in [4.69, 9.17) is 9.73 Å². The molecule has 0 aliphatic carbocycles. The Bertz CT molecular complexity index is 1400. The van der Waals surface area contributed by atoms with Gasteiger partial charge < -0.3 is 14.7 Å². The van der Waals surface area contributed by atoms with E-state index in [0.29, 0.717) is 45.1 Å². The summed E-state index contributed by atoms with van der Waals surface area (Å²) in [6, 6.07) is 16.6. The number of hydrogen-bond acceptors (Lipinski definition) is 6. The van der Waals surface area contributed by atoms with Crippen molar-refractivity contribution in [2.45, 2.75) is 31.4 Å². The summed E-state index contributed by atoms with van der Waals surface area (Å²) < 4.78 is 7.40. The maximum Gasteiger partial charge on any atom is 0.258 e. The number of aliphatic hydroxyl groups excluding tert-OH is 1. The summed E-state index contributed by atoms with van der Waals surface area (Å²) in [4.78, 5) is 34.4. The second kappa shape index (κ2) is 10.1. The van der Waals surface area contributed by atoms with Gasteiger partial charge >= 0.3 is 0 Å². The van der Waals surface area contributed by atoms with Crippen molar-refractivity contribution in [3.05, 3.63) is 66.5 Å². The molecular weight excluding hydrogens is 494 g/mol. The number of ether oxygens (including phenoxy) is 1. The lowest BCUT2D eigenvalue weighted by Crippen LogP contribution is -2.45. The van der Waals surface area contributed by atoms with E-state index < -0.39 is 11.6 Å². The molecule has 9 nitrogen and oxygen atoms in total. The SMILES string of the molecule is CC(O)C(=O)N1CC[C@@H](CN2C(=O)C3(CCOC3)N=C2c2ccc(-c3ccc(-c4cnn(C)c4)cc3)cc2)C1. The Morgan fingerprint density at radius 2 is 1.72 bits per heavy atom. The van der Waals surface area contributed by atoms with Crippen molar-refractivity contribution in [3.8, 4) is 22.3 Å². The Kier molecular flexibility index (Phi) is 6.56. The number of aromatic nitrogens is 2. The number of aryl methyl sites for hydroxylation is 1. The molecule has 1 spiro atoms. The molecular formula is C30H33N5O4. The highest BCUT2D eigenvalue weighted by Crippen LogP contribution is 2.35. The van der Waals surface area contributed by atoms with Crippen LogP contribution in [0.5, 0.6) is 0 Å². The fraction of sp³-hybridized carbons (Fsp3) is 0.400. The smallest absolute Gasteiger partial charge is 0.258 e. The Labute approximate surface area is 227 Å². The molecule has 4 heterocycles. The molecule has 1 aromatic heterocycles. The van der Waals surface area contributed by atoms with Gasteiger partial charge in [-0.05, 0) is 36.0 Å². The van der Waals surface area contributed by atoms with E-state index in [-0.39, 0.29) is 17.7 Å². The van der Waals surface area contributed by atoms with Crippen LogP contribution in [0.3, 0.4) is 0 Å². The van der Waals surface area contributed by atoms with Crippen molar-refractivity contribution < 1.29 is 19.4 Å². The van der Waals surface area contributed by atoms with Gasteiger partial charge in [0.1, 0.15) is 11.9 Å². The lowest BCUT2D eigenvalue weighted by atomic mass is 9.98. The Morgan fingerprint density at radius 3 is 2.28 bits per heavy atom. The quantitative estimate of drug-likeness (QED) is 0.532. The van der Waals surface area contributed by atoms with Crippen molar-refractivity contribution >= 4 is 17.6 Å². The molecule has 3 aromatic rings. The predicted octanol–water partition coefficient (Wildman–Crippen LogP) is 2.73. The van der Waals surface area contributed by atoms with Gasteiger partial charge in [0.05, 0.1) is 12.8 Å². The second-order valence-electron chi connectivity index (χ2n) is 10.9. The number of rotatable bonds is 6. The largest absolute Gasteiger partial charge is 0.384 e. The van der Waals surface area contributed by atoms with Gasteiger partial charge in [0.15, 0.2) is 5.54 Å². The average molecular weight is 528 g/mol. The molecule has 9 heteroatoms. The normalized spacial score (nSPS) is 23.6. The van der Waals surface area contributed by atoms with E-state index in [0.717, 1.165) is 34.2 Å². The molecule has 3 atom stereocenters. The third-order valence-corrected chi connectivity index (χ3v) is 8.01. The molecule has 3 aliphatic rings. The van der Waals surface area contributed by atoms with Gasteiger partial charge in [-0.2, -0.15) is 5.10 Å². The zero-order valence-corrected chi connectivity index (χ0v) is 22.3. The number of carbonyl (C=O) groups excluding carboxylic acids is 2. The number of aliphatic imine (C=N–C) groups is 1. The summed E-state index contributed by atoms with van der Waals surface area (Å²) in [5.41, 5.74) is 4.40. The number of amides is 2. The first-order chi connectivity index (χ1) is 18.8. The van der Waals surface area contributed by atoms with Gasteiger partial charge in [0.25, 0.3) is 11.8 Å². The third-order valence-electron chi connectivity index (χ3n) is 8.01. The predicted molar refractivity (Wildman–Crippen MR) is 147 cm³/mol. The van der Waals surface area contributed by atoms with Crippen molar-refractivity contribution in [1.82, 2.24) is 19.6 Å². The molecule has 2 unspecified atom stereocenters. The van der Waals surface area contributed by atoms with Crippen molar-refractivity contribution in [3.63, 3.8) is 0 Å². The summed E-state index contributed by atoms with van der Waals surface area (Å²) >= 11 is 0. The van der Waals surface area contributed by atoms with E-state index in [1.54, 1.807) is 14.5 Å². The van der Waals surface area contributed by atoms with E-state index in [1.807, 2.05) is 31.6 Å². The summed E-state index contributed by atoms with van der Waals surface area (Å²) in [7, 11) is 1.91. The first-order valence-corrected chi connectivity index (χ1v) is 13.5. The molecule has 2 aromatic carbocycles. The maximum atomic E-state index is 13.7. The molecule has 2 saturated heterocycles. The minimum Gasteiger partial charge on any atom is -0.384 e. The van der Waals surface area contributed by atoms with E-state index in [9.17, 15) is 14.7 Å². The standard InChI is InChI=1S/C30H33N5O4/c1-20(36)28(37)34-13-11-21(16-34)17-35-27(32-30(29(35)38)12-14-39-19-30)25-9-7-23(8-10-25)22-3-5-24(6-4-22)26-15-31-33(2)18-26/h3-10,15,18,20-21,36H,11-14,16-17,19H2,1-2H3/t20?,21-,30?/m1/s1. The van der Waals surface area contributed by atoms with E-state index in [1.165, 1.54) is 6.92 Å². The maximum absolute atomic E-state index is 13.7. The number of hydrogen-bond donors (Lipinski definition) is 1. The van der Waals surface area contributed by atoms with Crippen LogP contribution >= 0.6 is 0 Å². The molecule has 0 radical (unpaired) electrons. The van der Waals surface area contributed by atoms with Crippen LogP contribution in [0, 0.1) is 5.92 Å². The van der Waals surface area contributed by atoms with Gasteiger partial charge in [0, 0.05) is 57.0 Å². The van der Waals surface area contributed by atoms with Crippen LogP contribution in [0.1, 0.15) is 25.3 Å². The molecule has 6 rings (SSSR count). The van der Waals surface area contributed by atoms with Gasteiger partial charge in [0.2, 0.25) is 0 Å². The Morgan fingerprint density at radius 1 is 1.08 bits per heavy atom. The monoisotopic (exact) mass is 527 g/mol. The minimum absolute atomic E-state index is 0.0228. The van der Waals surface area contributed by atoms with E-state index in [2.05, 4.69) is 41.5 Å². The highest BCUT2D eigenvalue weighted by atomic mass is 16.5. The first kappa shape index (κ1) is 25.5. The van der Waals surface area contributed by atoms with Crippen LogP contribution in [0.25, 0.3) is 22.3 Å². The average Bonchev–Trinajstić information content (AvgIpc) is 3.75. The third kappa shape index (κ3) is 4.77. The highest BCUT2D eigenvalue weighted by molar-refractivity contribution is 6.15. The molecule has 0 bridgehead atoms. The molecule has 0 saturated carbocycles. The number of nitrogens with zero attached hydrogens (tertiary/aromatic N) is 5. The van der Waals surface area contributed by atoms with Crippen LogP contribution in [0.15, 0.2) is 65.9 Å². The van der Waals surface area contributed by atoms with Crippen molar-refractivity contribution in [1.29, 1.82) is 0 Å². The summed E-state index contributed by atoms with van der Waals surface area (Å²) in [5.74, 6) is 0.510. The zero-order chi connectivity index (χ0) is 27.1. The number of amidine groups is 1. The summed E-state index contributed by atoms with van der Waals surface area (Å²) in [5, 5.41) is 14.0. The minimum atomic E-state index is -1.02. The van der Waals surface area contributed by atoms with Crippen LogP contribution in [-0.2, 0) is 21.4 Å². The van der Waals surface area contributed by atoms with Crippen molar-refractivity contribution in [2.24, 2.45) is 18.0 Å². The summed E-state index contributed by atoms with van der Waals surface area (Å²) in [6.07, 6.45) is 4.20. The van der Waals surface area contributed by atoms with Gasteiger partial charge in [-0.25, -0.2) is 4.99 Å². The first-order valence-electron chi connectivity index (χ1n) is 13.5. The fourth-order valence-electron chi connectivity index (χ4n) is 5.80. The number of aliphatic hydroxyl groups is 1. The highest BCUT2D eigenvalue weighted by Gasteiger charge is 2.51. The second-order valence-corrected chi connectivity index (χ2v) is 10.9. The van der Waals surface area contributed by atoms with Gasteiger partial charge in [-0.15, -0.1) is 0 Å². The fourth-order valence-corrected chi connectivity index (χ4v) is 5.80. The zero-order valence-electron chi connectivity index (χ0n) is 22.3. The molecule has 2 amide bonds. The molecule has 1 N–H and O–H groups in total. The van der Waals surface area contributed by atoms with Crippen LogP contribution < -0.4 is 0 Å². The lowest BCUT2D eigenvalue weighted by Gasteiger charge is -2.25. The Balaban J connectivity index is 1.22. The van der Waals surface area contributed by atoms with Crippen LogP contribution in [0.2, 0.25) is 0 Å². The van der Waals surface area contributed by atoms with Crippen molar-refractivity contribution in [2.75, 3.05) is 32.8 Å². The number of carbonyl (C=O) groups is 2. The molecule has 3 aliphatic heterocycles. The molecule has 2 fully saturated rings. The molecule has 202 valence electrons. The van der Waals surface area contributed by atoms with Gasteiger partial charge in [-0.3, -0.25) is 19.2 Å². The topological polar surface area (TPSA) is 100 Å². The van der Waals surface area contributed by atoms with Gasteiger partial charge in [-0.1, -0.05) is 48.5 Å². The number of likely N-dealkylation sites (tertiary alicyclic amines) is 1. The number of benzene rings is 2. The molecule has 39 heavy (non-hydrogen) atoms. The van der Waals surface area contributed by atoms with Crippen LogP contribution in [-0.4, -0.2) is 86.8 Å². The summed E-state index contributed by atoms with van der Waals surface area (Å²) in [6.45, 7) is 3.91. The van der Waals surface area contributed by atoms with E-state index >= 15 is 0 Å².